The minimum atomic E-state index is -0.575. The molecule has 88 valence electrons. The maximum atomic E-state index is 13.2. The molecule has 1 aromatic rings. The van der Waals surface area contributed by atoms with Crippen LogP contribution in [0.25, 0.3) is 0 Å². The van der Waals surface area contributed by atoms with Gasteiger partial charge in [-0.25, -0.2) is 4.39 Å². The van der Waals surface area contributed by atoms with E-state index in [9.17, 15) is 14.5 Å². The minimum absolute atomic E-state index is 0.0603. The molecule has 0 bridgehead atoms. The SMILES string of the molecule is CC(C)CCOc1cc([N+](=O)[O-])ccc1F. The van der Waals surface area contributed by atoms with Gasteiger partial charge in [-0.05, 0) is 18.4 Å². The van der Waals surface area contributed by atoms with Gasteiger partial charge in [-0.3, -0.25) is 10.1 Å². The first-order valence-corrected chi connectivity index (χ1v) is 5.07. The number of hydrogen-bond donors (Lipinski definition) is 0. The Kier molecular flexibility index (Phi) is 4.22. The summed E-state index contributed by atoms with van der Waals surface area (Å²) in [4.78, 5) is 9.90. The third-order valence-corrected chi connectivity index (χ3v) is 2.08. The van der Waals surface area contributed by atoms with Gasteiger partial charge in [0.15, 0.2) is 11.6 Å². The van der Waals surface area contributed by atoms with Crippen LogP contribution < -0.4 is 4.74 Å². The second kappa shape index (κ2) is 5.44. The van der Waals surface area contributed by atoms with Crippen molar-refractivity contribution in [2.24, 2.45) is 5.92 Å². The van der Waals surface area contributed by atoms with E-state index in [1.54, 1.807) is 0 Å². The largest absolute Gasteiger partial charge is 0.490 e. The highest BCUT2D eigenvalue weighted by atomic mass is 19.1. The van der Waals surface area contributed by atoms with Crippen LogP contribution in [0.4, 0.5) is 10.1 Å². The smallest absolute Gasteiger partial charge is 0.273 e. The van der Waals surface area contributed by atoms with E-state index >= 15 is 0 Å². The lowest BCUT2D eigenvalue weighted by Gasteiger charge is -2.08. The minimum Gasteiger partial charge on any atom is -0.490 e. The number of nitrogens with zero attached hydrogens (tertiary/aromatic N) is 1. The van der Waals surface area contributed by atoms with E-state index in [2.05, 4.69) is 0 Å². The zero-order valence-corrected chi connectivity index (χ0v) is 9.27. The summed E-state index contributed by atoms with van der Waals surface area (Å²) in [5, 5.41) is 10.5. The fraction of sp³-hybridized carbons (Fsp3) is 0.455. The van der Waals surface area contributed by atoms with Gasteiger partial charge in [0.2, 0.25) is 0 Å². The van der Waals surface area contributed by atoms with Crippen molar-refractivity contribution in [2.75, 3.05) is 6.61 Å². The number of nitro benzene ring substituents is 1. The van der Waals surface area contributed by atoms with Gasteiger partial charge in [0.25, 0.3) is 5.69 Å². The van der Waals surface area contributed by atoms with Crippen molar-refractivity contribution < 1.29 is 14.1 Å². The van der Waals surface area contributed by atoms with Gasteiger partial charge in [-0.1, -0.05) is 13.8 Å². The molecule has 4 nitrogen and oxygen atoms in total. The van der Waals surface area contributed by atoms with Crippen LogP contribution in [0.1, 0.15) is 20.3 Å². The van der Waals surface area contributed by atoms with Gasteiger partial charge in [0.1, 0.15) is 0 Å². The zero-order chi connectivity index (χ0) is 12.1. The van der Waals surface area contributed by atoms with Gasteiger partial charge in [-0.15, -0.1) is 0 Å². The van der Waals surface area contributed by atoms with Crippen molar-refractivity contribution in [1.82, 2.24) is 0 Å². The summed E-state index contributed by atoms with van der Waals surface area (Å²) in [6.07, 6.45) is 0.780. The summed E-state index contributed by atoms with van der Waals surface area (Å²) in [6, 6.07) is 3.27. The van der Waals surface area contributed by atoms with Gasteiger partial charge < -0.3 is 4.74 Å². The second-order valence-corrected chi connectivity index (χ2v) is 3.90. The molecule has 0 aliphatic carbocycles. The number of rotatable bonds is 5. The molecular formula is C11H14FNO3. The summed E-state index contributed by atoms with van der Waals surface area (Å²) < 4.78 is 18.4. The van der Waals surface area contributed by atoms with E-state index in [1.165, 1.54) is 0 Å². The molecule has 0 aliphatic rings. The lowest BCUT2D eigenvalue weighted by molar-refractivity contribution is -0.385. The highest BCUT2D eigenvalue weighted by Gasteiger charge is 2.11. The van der Waals surface area contributed by atoms with Gasteiger partial charge >= 0.3 is 0 Å². The second-order valence-electron chi connectivity index (χ2n) is 3.90. The van der Waals surface area contributed by atoms with Crippen molar-refractivity contribution in [3.05, 3.63) is 34.1 Å². The van der Waals surface area contributed by atoms with Crippen molar-refractivity contribution in [1.29, 1.82) is 0 Å². The normalized spacial score (nSPS) is 10.5. The van der Waals surface area contributed by atoms with Crippen LogP contribution in [0.5, 0.6) is 5.75 Å². The average molecular weight is 227 g/mol. The molecule has 0 spiro atoms. The molecular weight excluding hydrogens is 213 g/mol. The standard InChI is InChI=1S/C11H14FNO3/c1-8(2)5-6-16-11-7-9(13(14)15)3-4-10(11)12/h3-4,7-8H,5-6H2,1-2H3. The van der Waals surface area contributed by atoms with Gasteiger partial charge in [0, 0.05) is 6.07 Å². The van der Waals surface area contributed by atoms with Crippen molar-refractivity contribution in [3.63, 3.8) is 0 Å². The van der Waals surface area contributed by atoms with Crippen LogP contribution in [0.3, 0.4) is 0 Å². The molecule has 0 saturated carbocycles. The fourth-order valence-corrected chi connectivity index (χ4v) is 1.12. The van der Waals surface area contributed by atoms with Gasteiger partial charge in [0.05, 0.1) is 17.6 Å². The van der Waals surface area contributed by atoms with Gasteiger partial charge in [-0.2, -0.15) is 0 Å². The monoisotopic (exact) mass is 227 g/mol. The molecule has 1 aromatic carbocycles. The molecule has 0 saturated heterocycles. The Hall–Kier alpha value is -1.65. The Bertz CT molecular complexity index is 379. The summed E-state index contributed by atoms with van der Waals surface area (Å²) >= 11 is 0. The predicted molar refractivity (Wildman–Crippen MR) is 58.0 cm³/mol. The maximum Gasteiger partial charge on any atom is 0.273 e. The molecule has 0 atom stereocenters. The lowest BCUT2D eigenvalue weighted by Crippen LogP contribution is -2.03. The molecule has 1 rings (SSSR count). The summed E-state index contributed by atoms with van der Waals surface area (Å²) in [5.74, 6) is -0.189. The lowest BCUT2D eigenvalue weighted by atomic mass is 10.1. The van der Waals surface area contributed by atoms with E-state index in [1.807, 2.05) is 13.8 Å². The maximum absolute atomic E-state index is 13.2. The molecule has 0 radical (unpaired) electrons. The van der Waals surface area contributed by atoms with E-state index < -0.39 is 10.7 Å². The Morgan fingerprint density at radius 2 is 2.19 bits per heavy atom. The molecule has 0 unspecified atom stereocenters. The Morgan fingerprint density at radius 3 is 2.75 bits per heavy atom. The quantitative estimate of drug-likeness (QED) is 0.573. The van der Waals surface area contributed by atoms with E-state index in [0.717, 1.165) is 24.6 Å². The predicted octanol–water partition coefficient (Wildman–Crippen LogP) is 3.16. The van der Waals surface area contributed by atoms with Crippen LogP contribution in [-0.4, -0.2) is 11.5 Å². The highest BCUT2D eigenvalue weighted by Crippen LogP contribution is 2.23. The molecule has 0 fully saturated rings. The topological polar surface area (TPSA) is 52.4 Å². The van der Waals surface area contributed by atoms with Crippen LogP contribution in [0.15, 0.2) is 18.2 Å². The van der Waals surface area contributed by atoms with Crippen molar-refractivity contribution in [3.8, 4) is 5.75 Å². The van der Waals surface area contributed by atoms with Crippen LogP contribution in [-0.2, 0) is 0 Å². The first kappa shape index (κ1) is 12.4. The first-order chi connectivity index (χ1) is 7.50. The number of nitro groups is 1. The van der Waals surface area contributed by atoms with E-state index in [0.29, 0.717) is 12.5 Å². The van der Waals surface area contributed by atoms with Crippen LogP contribution in [0, 0.1) is 21.8 Å². The number of ether oxygens (including phenoxy) is 1. The molecule has 0 amide bonds. The number of non-ortho nitro benzene ring substituents is 1. The Balaban J connectivity index is 2.70. The summed E-state index contributed by atoms with van der Waals surface area (Å²) in [7, 11) is 0. The number of halogens is 1. The third-order valence-electron chi connectivity index (χ3n) is 2.08. The first-order valence-electron chi connectivity index (χ1n) is 5.07. The van der Waals surface area contributed by atoms with Crippen LogP contribution >= 0.6 is 0 Å². The van der Waals surface area contributed by atoms with E-state index in [-0.39, 0.29) is 11.4 Å². The molecule has 0 aromatic heterocycles. The third kappa shape index (κ3) is 3.49. The number of hydrogen-bond acceptors (Lipinski definition) is 3. The van der Waals surface area contributed by atoms with Crippen molar-refractivity contribution in [2.45, 2.75) is 20.3 Å². The van der Waals surface area contributed by atoms with Crippen LogP contribution in [0.2, 0.25) is 0 Å². The Morgan fingerprint density at radius 1 is 1.50 bits per heavy atom. The molecule has 16 heavy (non-hydrogen) atoms. The van der Waals surface area contributed by atoms with E-state index in [4.69, 9.17) is 4.74 Å². The summed E-state index contributed by atoms with van der Waals surface area (Å²) in [5.41, 5.74) is -0.166. The Labute approximate surface area is 93.2 Å². The highest BCUT2D eigenvalue weighted by molar-refractivity contribution is 5.39. The zero-order valence-electron chi connectivity index (χ0n) is 9.27. The number of benzene rings is 1. The molecule has 0 aliphatic heterocycles. The summed E-state index contributed by atoms with van der Waals surface area (Å²) in [6.45, 7) is 4.40. The molecule has 0 N–H and O–H groups in total. The van der Waals surface area contributed by atoms with Crippen molar-refractivity contribution >= 4 is 5.69 Å². The molecule has 5 heteroatoms. The molecule has 0 heterocycles. The average Bonchev–Trinajstić information content (AvgIpc) is 2.20. The fourth-order valence-electron chi connectivity index (χ4n) is 1.12.